The summed E-state index contributed by atoms with van der Waals surface area (Å²) in [4.78, 5) is 0.154. The summed E-state index contributed by atoms with van der Waals surface area (Å²) in [5.74, 6) is 4.88. The van der Waals surface area contributed by atoms with Gasteiger partial charge in [-0.3, -0.25) is 11.8 Å². The second-order valence-electron chi connectivity index (χ2n) is 14.6. The molecule has 10 aromatic rings. The standard InChI is InChI=1S/C27H26P2.2C14H7O.2Au/c1-27(2,28(23-15-7-3-8-16-23)24-17-9-4-10-18-24)29(25-19-11-5-12-20-25)26-21-13-6-14-22-26;2*1-2-10-6-5-9-13-14(10)11-7-3-4-8-12(11)15-13;;/h3-22H,1-2H3;2*3-9H;;/q;2*-1;2*+1/p+2. The van der Waals surface area contributed by atoms with Crippen LogP contribution in [0.3, 0.4) is 0 Å². The van der Waals surface area contributed by atoms with Gasteiger partial charge in [0.2, 0.25) is 0 Å². The van der Waals surface area contributed by atoms with Crippen molar-refractivity contribution in [3.63, 3.8) is 0 Å². The number of para-hydroxylation sites is 2. The molecule has 8 aromatic carbocycles. The molecule has 0 fully saturated rings. The van der Waals surface area contributed by atoms with E-state index in [2.05, 4.69) is 147 Å². The number of hydrogen-bond acceptors (Lipinski definition) is 2. The molecule has 0 saturated carbocycles. The Morgan fingerprint density at radius 3 is 0.951 bits per heavy atom. The second kappa shape index (κ2) is 21.1. The Hall–Kier alpha value is -5.18. The van der Waals surface area contributed by atoms with Crippen LogP contribution in [0.4, 0.5) is 0 Å². The molecule has 2 aromatic heterocycles. The van der Waals surface area contributed by atoms with E-state index in [1.165, 1.54) is 21.2 Å². The smallest absolute Gasteiger partial charge is 0.458 e. The second-order valence-corrected chi connectivity index (χ2v) is 21.5. The predicted molar refractivity (Wildman–Crippen MR) is 255 cm³/mol. The topological polar surface area (TPSA) is 26.3 Å². The van der Waals surface area contributed by atoms with E-state index in [-0.39, 0.29) is 49.7 Å². The van der Waals surface area contributed by atoms with E-state index in [1.807, 2.05) is 84.9 Å². The van der Waals surface area contributed by atoms with Crippen molar-refractivity contribution >= 4 is 80.9 Å². The minimum absolute atomic E-state index is 0. The van der Waals surface area contributed by atoms with Crippen LogP contribution in [0.5, 0.6) is 0 Å². The molecule has 0 aliphatic carbocycles. The van der Waals surface area contributed by atoms with Gasteiger partial charge in [-0.1, -0.05) is 121 Å². The van der Waals surface area contributed by atoms with E-state index < -0.39 is 15.8 Å². The molecular formula is C55H42Au2O2P2+2. The van der Waals surface area contributed by atoms with Crippen molar-refractivity contribution in [3.8, 4) is 11.8 Å². The number of furan rings is 2. The fourth-order valence-electron chi connectivity index (χ4n) is 8.08. The maximum absolute atomic E-state index is 7.25. The molecule has 0 spiro atoms. The monoisotopic (exact) mass is 1190 g/mol. The van der Waals surface area contributed by atoms with Gasteiger partial charge in [0.25, 0.3) is 0 Å². The molecule has 6 heteroatoms. The summed E-state index contributed by atoms with van der Waals surface area (Å²) in [6, 6.07) is 71.7. The van der Waals surface area contributed by atoms with Crippen LogP contribution < -0.4 is 21.2 Å². The number of hydrogen-bond donors (Lipinski definition) is 0. The minimum Gasteiger partial charge on any atom is -0.458 e. The Kier molecular flexibility index (Phi) is 15.7. The van der Waals surface area contributed by atoms with Gasteiger partial charge in [0, 0.05) is 24.6 Å². The minimum atomic E-state index is -1.02. The average molecular weight is 1190 g/mol. The van der Waals surface area contributed by atoms with Crippen molar-refractivity contribution in [2.75, 3.05) is 0 Å². The average Bonchev–Trinajstić information content (AvgIpc) is 3.87. The maximum atomic E-state index is 7.25. The summed E-state index contributed by atoms with van der Waals surface area (Å²) in [6.07, 6.45) is 14.5. The van der Waals surface area contributed by atoms with E-state index in [4.69, 9.17) is 21.7 Å². The Bertz CT molecular complexity index is 2770. The zero-order valence-electron chi connectivity index (χ0n) is 33.5. The summed E-state index contributed by atoms with van der Waals surface area (Å²) in [7, 11) is -2.05. The molecule has 0 saturated heterocycles. The van der Waals surface area contributed by atoms with Gasteiger partial charge >= 0.3 is 44.8 Å². The van der Waals surface area contributed by atoms with Crippen LogP contribution in [0.1, 0.15) is 25.0 Å². The van der Waals surface area contributed by atoms with Crippen molar-refractivity contribution in [2.24, 2.45) is 0 Å². The number of fused-ring (bicyclic) bond motifs is 6. The van der Waals surface area contributed by atoms with Gasteiger partial charge in [0.15, 0.2) is 4.90 Å². The Balaban J connectivity index is 0.000000164. The summed E-state index contributed by atoms with van der Waals surface area (Å²) in [5, 5.41) is 9.99. The summed E-state index contributed by atoms with van der Waals surface area (Å²) in [5.41, 5.74) is 4.89. The first-order valence-corrected chi connectivity index (χ1v) is 22.6. The van der Waals surface area contributed by atoms with E-state index >= 15 is 0 Å². The van der Waals surface area contributed by atoms with Gasteiger partial charge in [0.05, 0.1) is 0 Å². The molecule has 0 bridgehead atoms. The predicted octanol–water partition coefficient (Wildman–Crippen LogP) is 12.5. The third kappa shape index (κ3) is 9.82. The normalized spacial score (nSPS) is 10.8. The van der Waals surface area contributed by atoms with Crippen LogP contribution in [-0.2, 0) is 44.8 Å². The molecule has 304 valence electrons. The zero-order valence-corrected chi connectivity index (χ0v) is 39.9. The largest absolute Gasteiger partial charge is 1.00 e. The first kappa shape index (κ1) is 45.4. The molecule has 2 nitrogen and oxygen atoms in total. The van der Waals surface area contributed by atoms with E-state index in [1.54, 1.807) is 0 Å². The summed E-state index contributed by atoms with van der Waals surface area (Å²) in [6.45, 7) is 5.02. The molecular weight excluding hydrogens is 1150 g/mol. The van der Waals surface area contributed by atoms with Gasteiger partial charge in [-0.15, -0.1) is 23.3 Å². The molecule has 0 amide bonds. The Morgan fingerprint density at radius 1 is 0.361 bits per heavy atom. The fourth-order valence-corrected chi connectivity index (χ4v) is 16.5. The van der Waals surface area contributed by atoms with Crippen molar-refractivity contribution in [3.05, 3.63) is 230 Å². The molecule has 2 heterocycles. The van der Waals surface area contributed by atoms with E-state index in [9.17, 15) is 0 Å². The molecule has 10 rings (SSSR count). The number of rotatable bonds is 6. The van der Waals surface area contributed by atoms with Crippen LogP contribution in [0, 0.1) is 24.7 Å². The third-order valence-corrected chi connectivity index (χ3v) is 18.2. The van der Waals surface area contributed by atoms with Crippen molar-refractivity contribution in [2.45, 2.75) is 18.7 Å². The van der Waals surface area contributed by atoms with Crippen LogP contribution in [0.15, 0.2) is 215 Å². The molecule has 0 aliphatic heterocycles. The molecule has 0 unspecified atom stereocenters. The quantitative estimate of drug-likeness (QED) is 0.0718. The van der Waals surface area contributed by atoms with Crippen molar-refractivity contribution in [1.29, 1.82) is 0 Å². The van der Waals surface area contributed by atoms with E-state index in [0.717, 1.165) is 55.0 Å². The third-order valence-electron chi connectivity index (χ3n) is 10.6. The van der Waals surface area contributed by atoms with Crippen LogP contribution in [-0.4, -0.2) is 4.90 Å². The van der Waals surface area contributed by atoms with Crippen molar-refractivity contribution < 1.29 is 53.6 Å². The molecule has 0 aliphatic rings. The van der Waals surface area contributed by atoms with Gasteiger partial charge in [-0.25, -0.2) is 0 Å². The van der Waals surface area contributed by atoms with Crippen LogP contribution in [0.2, 0.25) is 0 Å². The van der Waals surface area contributed by atoms with Gasteiger partial charge in [-0.05, 0) is 83.6 Å². The zero-order chi connectivity index (χ0) is 40.6. The molecule has 61 heavy (non-hydrogen) atoms. The first-order valence-electron chi connectivity index (χ1n) is 19.6. The summed E-state index contributed by atoms with van der Waals surface area (Å²) < 4.78 is 11.3. The Morgan fingerprint density at radius 2 is 0.639 bits per heavy atom. The van der Waals surface area contributed by atoms with Crippen LogP contribution >= 0.6 is 15.8 Å². The van der Waals surface area contributed by atoms with Crippen LogP contribution in [0.25, 0.3) is 43.9 Å². The first-order chi connectivity index (χ1) is 29.0. The summed E-state index contributed by atoms with van der Waals surface area (Å²) >= 11 is 0. The van der Waals surface area contributed by atoms with Gasteiger partial charge in [-0.2, -0.15) is 0 Å². The fraction of sp³-hybridized carbons (Fsp3) is 0.0545. The van der Waals surface area contributed by atoms with E-state index in [0.29, 0.717) is 0 Å². The molecule has 0 N–H and O–H groups in total. The molecule has 0 atom stereocenters. The van der Waals surface area contributed by atoms with Gasteiger partial charge < -0.3 is 21.7 Å². The van der Waals surface area contributed by atoms with Gasteiger partial charge in [0.1, 0.15) is 59.4 Å². The SMILES string of the molecule is CC(C)([PH+](c1ccccc1)c1ccccc1)[PH+](c1ccccc1)c1ccccc1.[Au+].[Au+].[C-]#Cc1cccc2oc3ccccc3c12.[C-]#Cc1cccc2oc3ccccc3c12. The maximum Gasteiger partial charge on any atom is 1.00 e. The number of benzene rings is 8. The molecule has 0 radical (unpaired) electrons. The van der Waals surface area contributed by atoms with Crippen molar-refractivity contribution in [1.82, 2.24) is 0 Å². The Labute approximate surface area is 392 Å².